The van der Waals surface area contributed by atoms with E-state index in [-0.39, 0.29) is 31.8 Å². The highest BCUT2D eigenvalue weighted by atomic mass is 32.2. The number of carbonyl (C=O) groups excluding carboxylic acids is 3. The molecule has 0 spiro atoms. The second kappa shape index (κ2) is 107. The van der Waals surface area contributed by atoms with Crippen LogP contribution in [-0.4, -0.2) is 73.1 Å². The van der Waals surface area contributed by atoms with Gasteiger partial charge in [0.1, 0.15) is 21.4 Å². The summed E-state index contributed by atoms with van der Waals surface area (Å²) < 4.78 is 20.5. The van der Waals surface area contributed by atoms with Gasteiger partial charge in [0.15, 0.2) is 0 Å². The summed E-state index contributed by atoms with van der Waals surface area (Å²) in [7, 11) is -2.67. The van der Waals surface area contributed by atoms with Crippen LogP contribution in [0.2, 0.25) is 0 Å². The lowest BCUT2D eigenvalue weighted by molar-refractivity contribution is -0.118. The minimum atomic E-state index is -2.67. The number of unbranched alkanes of at least 4 members (excludes halogenated alkanes) is 8. The van der Waals surface area contributed by atoms with Crippen molar-refractivity contribution in [3.8, 4) is 0 Å². The third-order valence-corrected chi connectivity index (χ3v) is 6.67. The largest absolute Gasteiger partial charge is 0.397 e. The van der Waals surface area contributed by atoms with Gasteiger partial charge in [-0.05, 0) is 86.6 Å². The number of ketones is 2. The van der Waals surface area contributed by atoms with E-state index in [4.69, 9.17) is 21.4 Å². The van der Waals surface area contributed by atoms with Gasteiger partial charge in [-0.3, -0.25) is 4.79 Å². The Balaban J connectivity index is -0.0000000380. The van der Waals surface area contributed by atoms with E-state index in [0.29, 0.717) is 18.0 Å². The van der Waals surface area contributed by atoms with Crippen LogP contribution in [0.1, 0.15) is 274 Å². The zero-order valence-electron chi connectivity index (χ0n) is 44.8. The molecule has 10 nitrogen and oxygen atoms in total. The molecule has 11 heteroatoms. The van der Waals surface area contributed by atoms with Crippen LogP contribution in [0.3, 0.4) is 0 Å². The molecule has 0 fully saturated rings. The number of amides is 1. The molecule has 1 amide bonds. The van der Waals surface area contributed by atoms with Gasteiger partial charge in [0.05, 0.1) is 0 Å². The minimum Gasteiger partial charge on any atom is -0.397 e. The predicted octanol–water partition coefficient (Wildman–Crippen LogP) is 14.7. The second-order valence-electron chi connectivity index (χ2n) is 13.9. The summed E-state index contributed by atoms with van der Waals surface area (Å²) in [6.07, 6.45) is 23.6. The molecule has 0 radical (unpaired) electrons. The lowest BCUT2D eigenvalue weighted by Crippen LogP contribution is -2.06. The van der Waals surface area contributed by atoms with Crippen molar-refractivity contribution in [1.82, 2.24) is 0 Å². The third kappa shape index (κ3) is 371. The van der Waals surface area contributed by atoms with Crippen LogP contribution in [0.25, 0.3) is 0 Å². The van der Waals surface area contributed by atoms with E-state index >= 15 is 0 Å². The smallest absolute Gasteiger partial charge is 0.217 e. The van der Waals surface area contributed by atoms with Crippen molar-refractivity contribution in [2.45, 2.75) is 280 Å². The highest BCUT2D eigenvalue weighted by molar-refractivity contribution is 7.90. The maximum Gasteiger partial charge on any atom is 0.217 e. The normalized spacial score (nSPS) is 8.34. The molecule has 0 unspecified atom stereocenters. The van der Waals surface area contributed by atoms with Gasteiger partial charge in [-0.15, -0.1) is 0 Å². The number of nitrogens with one attached hydrogen (secondary N) is 1. The molecule has 0 atom stereocenters. The SMILES string of the molecule is C.CC.CC(C)O.CCC.CCC(N)=O.CCCC(C)=O.CCCCC.CCCCC(C)=O.CCCCCC.CCCCCC(C)=N.CCCN.CCCS(C)(=O)=O.CCO. The Morgan fingerprint density at radius 3 is 0.918 bits per heavy atom. The third-order valence-electron chi connectivity index (χ3n) is 5.52. The van der Waals surface area contributed by atoms with Crippen LogP contribution < -0.4 is 11.5 Å². The average molecular weight is 909 g/mol. The summed E-state index contributed by atoms with van der Waals surface area (Å²) in [5, 5.41) is 22.7. The fourth-order valence-corrected chi connectivity index (χ4v) is 3.38. The molecule has 0 aromatic rings. The number of rotatable bonds is 18. The van der Waals surface area contributed by atoms with Crippen molar-refractivity contribution in [1.29, 1.82) is 5.41 Å². The van der Waals surface area contributed by atoms with E-state index in [9.17, 15) is 22.8 Å². The summed E-state index contributed by atoms with van der Waals surface area (Å²) in [5.41, 5.74) is 10.5. The number of Topliss-reactive ketones (excluding diaryl/α,β-unsaturated/α-hetero) is 2. The summed E-state index contributed by atoms with van der Waals surface area (Å²) >= 11 is 0. The first kappa shape index (κ1) is 94.0. The first-order valence-electron chi connectivity index (χ1n) is 23.9. The topological polar surface area (TPSA) is 202 Å². The molecule has 0 heterocycles. The first-order valence-corrected chi connectivity index (χ1v) is 26.0. The molecule has 384 valence electrons. The average Bonchev–Trinajstić information content (AvgIpc) is 3.16. The Morgan fingerprint density at radius 2 is 0.836 bits per heavy atom. The zero-order valence-corrected chi connectivity index (χ0v) is 45.7. The van der Waals surface area contributed by atoms with Crippen molar-refractivity contribution >= 4 is 33.0 Å². The maximum atomic E-state index is 10.2. The van der Waals surface area contributed by atoms with Gasteiger partial charge in [0.2, 0.25) is 5.91 Å². The monoisotopic (exact) mass is 908 g/mol. The number of aliphatic hydroxyl groups excluding tert-OH is 2. The van der Waals surface area contributed by atoms with E-state index in [1.54, 1.807) is 41.5 Å². The molecule has 7 N–H and O–H groups in total. The van der Waals surface area contributed by atoms with Crippen molar-refractivity contribution < 1.29 is 33.0 Å². The number of carbonyl (C=O) groups is 3. The van der Waals surface area contributed by atoms with Crippen LogP contribution >= 0.6 is 0 Å². The van der Waals surface area contributed by atoms with Gasteiger partial charge in [0.25, 0.3) is 0 Å². The van der Waals surface area contributed by atoms with E-state index < -0.39 is 9.84 Å². The molecule has 0 rings (SSSR count). The number of hydrogen-bond acceptors (Lipinski definition) is 9. The van der Waals surface area contributed by atoms with Crippen LogP contribution in [0.5, 0.6) is 0 Å². The van der Waals surface area contributed by atoms with Gasteiger partial charge in [-0.1, -0.05) is 175 Å². The Kier molecular flexibility index (Phi) is 165. The summed E-state index contributed by atoms with van der Waals surface area (Å²) in [4.78, 5) is 29.8. The van der Waals surface area contributed by atoms with E-state index in [2.05, 4.69) is 68.0 Å². The van der Waals surface area contributed by atoms with E-state index in [1.807, 2.05) is 34.6 Å². The van der Waals surface area contributed by atoms with Crippen molar-refractivity contribution in [3.05, 3.63) is 0 Å². The quantitative estimate of drug-likeness (QED) is 0.0660. The number of primary amides is 1. The zero-order chi connectivity index (χ0) is 50.7. The number of hydrogen-bond donors (Lipinski definition) is 5. The molecule has 0 aliphatic heterocycles. The van der Waals surface area contributed by atoms with Gasteiger partial charge in [-0.25, -0.2) is 8.42 Å². The molecule has 61 heavy (non-hydrogen) atoms. The molecule has 0 aliphatic carbocycles. The Hall–Kier alpha value is -1.69. The van der Waals surface area contributed by atoms with Crippen LogP contribution in [0, 0.1) is 5.41 Å². The molecule has 0 aromatic heterocycles. The van der Waals surface area contributed by atoms with Gasteiger partial charge in [0, 0.05) is 49.7 Å². The number of nitrogens with two attached hydrogens (primary N) is 2. The summed E-state index contributed by atoms with van der Waals surface area (Å²) in [6.45, 7) is 40.3. The Labute approximate surface area is 387 Å². The van der Waals surface area contributed by atoms with Crippen LogP contribution in [0.4, 0.5) is 0 Å². The molecule has 0 aromatic carbocycles. The van der Waals surface area contributed by atoms with Crippen LogP contribution in [0.15, 0.2) is 0 Å². The Bertz CT molecular complexity index is 781. The predicted molar refractivity (Wildman–Crippen MR) is 281 cm³/mol. The van der Waals surface area contributed by atoms with E-state index in [0.717, 1.165) is 63.6 Å². The molecule has 0 saturated carbocycles. The van der Waals surface area contributed by atoms with Crippen molar-refractivity contribution in [2.24, 2.45) is 11.5 Å². The highest BCUT2D eigenvalue weighted by Crippen LogP contribution is 1.98. The van der Waals surface area contributed by atoms with E-state index in [1.165, 1.54) is 76.9 Å². The first-order chi connectivity index (χ1) is 27.9. The molecular weight excluding hydrogens is 787 g/mol. The lowest BCUT2D eigenvalue weighted by Gasteiger charge is -1.93. The van der Waals surface area contributed by atoms with Crippen molar-refractivity contribution in [2.75, 3.05) is 25.2 Å². The number of sulfone groups is 1. The maximum absolute atomic E-state index is 10.2. The van der Waals surface area contributed by atoms with Gasteiger partial charge in [-0.2, -0.15) is 0 Å². The fourth-order valence-electron chi connectivity index (χ4n) is 2.64. The summed E-state index contributed by atoms with van der Waals surface area (Å²) in [5.74, 6) is 0.664. The second-order valence-corrected chi connectivity index (χ2v) is 16.2. The molecular formula is C50H121N3O7S. The molecule has 0 saturated heterocycles. The lowest BCUT2D eigenvalue weighted by atomic mass is 10.1. The minimum absolute atomic E-state index is 0. The summed E-state index contributed by atoms with van der Waals surface area (Å²) in [6, 6.07) is 0. The standard InChI is InChI=1S/C7H15N.C6H12O.C6H14.C5H10O.C5H12.C4H10O2S.C3H7NO.C3H9N.C3H8O.C3H8.C2H6O.C2H6.CH4/c1-3-4-5-6-7(2)8;1-3-4-5-6(2)7;1-3-5-6-4-2;1-3-4-5(2)6;1-3-5-4-2;1-3-4-7(2,5)6;1-2-3(4)5;1-2-3-4;1-3(2)4;1-3-2;1-2-3;1-2;/h8H,3-6H2,1-2H3;3-5H2,1-2H3;3-6H2,1-2H3;3-4H2,1-2H3;3-5H2,1-2H3;3-4H2,1-2H3;2H2,1H3,(H2,4,5);2-4H2,1H3;3-4H,1-2H3;3H2,1-2H3;3H,2H2,1H3;1-2H3;1H4. The number of aliphatic hydroxyl groups is 2. The Morgan fingerprint density at radius 1 is 0.574 bits per heavy atom. The van der Waals surface area contributed by atoms with Crippen molar-refractivity contribution in [3.63, 3.8) is 0 Å². The van der Waals surface area contributed by atoms with Crippen LogP contribution in [-0.2, 0) is 24.2 Å². The molecule has 0 aliphatic rings. The molecule has 0 bridgehead atoms. The van der Waals surface area contributed by atoms with Gasteiger partial charge >= 0.3 is 0 Å². The van der Waals surface area contributed by atoms with Gasteiger partial charge < -0.3 is 36.7 Å². The fraction of sp³-hybridized carbons (Fsp3) is 0.920. The highest BCUT2D eigenvalue weighted by Gasteiger charge is 1.95.